The summed E-state index contributed by atoms with van der Waals surface area (Å²) in [5, 5.41) is 8.71. The van der Waals surface area contributed by atoms with Crippen LogP contribution in [0.25, 0.3) is 10.4 Å². The van der Waals surface area contributed by atoms with Crippen molar-refractivity contribution < 1.29 is 0 Å². The first-order valence-corrected chi connectivity index (χ1v) is 4.77. The van der Waals surface area contributed by atoms with Gasteiger partial charge in [0, 0.05) is 16.2 Å². The van der Waals surface area contributed by atoms with Gasteiger partial charge in [0.1, 0.15) is 0 Å². The Bertz CT molecular complexity index is 339. The van der Waals surface area contributed by atoms with Crippen LogP contribution in [0.5, 0.6) is 0 Å². The van der Waals surface area contributed by atoms with Gasteiger partial charge in [-0.2, -0.15) is 5.10 Å². The highest BCUT2D eigenvalue weighted by Crippen LogP contribution is 2.32. The molecule has 0 aliphatic carbocycles. The first kappa shape index (κ1) is 7.06. The summed E-state index contributed by atoms with van der Waals surface area (Å²) in [4.78, 5) is 1.22. The van der Waals surface area contributed by atoms with Crippen molar-refractivity contribution >= 4 is 27.3 Å². The zero-order valence-corrected chi connectivity index (χ0v) is 7.95. The van der Waals surface area contributed by atoms with Crippen molar-refractivity contribution in [2.75, 3.05) is 0 Å². The number of aromatic amines is 1. The minimum Gasteiger partial charge on any atom is -0.285 e. The molecule has 0 unspecified atom stereocenters. The van der Waals surface area contributed by atoms with Gasteiger partial charge in [-0.05, 0) is 27.4 Å². The maximum absolute atomic E-state index is 3.88. The Balaban J connectivity index is 2.53. The SMILES string of the molecule is Brc1ccsc1-c1cn[nH]c1. The minimum absolute atomic E-state index is 1.13. The third kappa shape index (κ3) is 1.23. The molecule has 0 amide bonds. The van der Waals surface area contributed by atoms with Crippen LogP contribution in [0.4, 0.5) is 0 Å². The number of hydrogen-bond acceptors (Lipinski definition) is 2. The van der Waals surface area contributed by atoms with Crippen LogP contribution in [0.15, 0.2) is 28.3 Å². The van der Waals surface area contributed by atoms with E-state index in [0.29, 0.717) is 0 Å². The summed E-state index contributed by atoms with van der Waals surface area (Å²) in [6.45, 7) is 0. The lowest BCUT2D eigenvalue weighted by atomic mass is 10.3. The fourth-order valence-corrected chi connectivity index (χ4v) is 2.46. The summed E-state index contributed by atoms with van der Waals surface area (Å²) in [7, 11) is 0. The Hall–Kier alpha value is -0.610. The van der Waals surface area contributed by atoms with Gasteiger partial charge in [0.2, 0.25) is 0 Å². The average molecular weight is 229 g/mol. The molecule has 56 valence electrons. The molecule has 0 fully saturated rings. The lowest BCUT2D eigenvalue weighted by molar-refractivity contribution is 1.09. The number of H-pyrrole nitrogens is 1. The molecule has 0 bridgehead atoms. The Morgan fingerprint density at radius 1 is 1.55 bits per heavy atom. The largest absolute Gasteiger partial charge is 0.285 e. The van der Waals surface area contributed by atoms with Crippen molar-refractivity contribution in [3.8, 4) is 10.4 Å². The Morgan fingerprint density at radius 3 is 3.00 bits per heavy atom. The Morgan fingerprint density at radius 2 is 2.45 bits per heavy atom. The molecule has 1 N–H and O–H groups in total. The maximum Gasteiger partial charge on any atom is 0.0574 e. The van der Waals surface area contributed by atoms with Gasteiger partial charge < -0.3 is 0 Å². The summed E-state index contributed by atoms with van der Waals surface area (Å²) in [5.74, 6) is 0. The number of thiophene rings is 1. The Labute approximate surface area is 76.4 Å². The summed E-state index contributed by atoms with van der Waals surface area (Å²) in [6, 6.07) is 2.03. The lowest BCUT2D eigenvalue weighted by Crippen LogP contribution is -1.64. The van der Waals surface area contributed by atoms with Crippen molar-refractivity contribution in [3.63, 3.8) is 0 Å². The van der Waals surface area contributed by atoms with Gasteiger partial charge >= 0.3 is 0 Å². The van der Waals surface area contributed by atoms with Crippen molar-refractivity contribution in [2.45, 2.75) is 0 Å². The fourth-order valence-electron chi connectivity index (χ4n) is 0.875. The van der Waals surface area contributed by atoms with Crippen LogP contribution in [-0.2, 0) is 0 Å². The predicted octanol–water partition coefficient (Wildman–Crippen LogP) is 2.90. The molecule has 0 saturated carbocycles. The highest BCUT2D eigenvalue weighted by atomic mass is 79.9. The van der Waals surface area contributed by atoms with Crippen molar-refractivity contribution in [1.82, 2.24) is 10.2 Å². The molecule has 2 rings (SSSR count). The van der Waals surface area contributed by atoms with Gasteiger partial charge in [0.15, 0.2) is 0 Å². The van der Waals surface area contributed by atoms with Crippen LogP contribution >= 0.6 is 27.3 Å². The van der Waals surface area contributed by atoms with Gasteiger partial charge in [0.25, 0.3) is 0 Å². The third-order valence-corrected chi connectivity index (χ3v) is 3.26. The molecule has 2 heterocycles. The normalized spacial score (nSPS) is 10.3. The van der Waals surface area contributed by atoms with Gasteiger partial charge in [0.05, 0.1) is 11.1 Å². The van der Waals surface area contributed by atoms with Crippen LogP contribution in [0, 0.1) is 0 Å². The number of nitrogens with zero attached hydrogens (tertiary/aromatic N) is 1. The van der Waals surface area contributed by atoms with E-state index in [4.69, 9.17) is 0 Å². The predicted molar refractivity (Wildman–Crippen MR) is 49.6 cm³/mol. The van der Waals surface area contributed by atoms with Gasteiger partial charge in [-0.1, -0.05) is 0 Å². The molecular weight excluding hydrogens is 224 g/mol. The molecule has 2 nitrogen and oxygen atoms in total. The van der Waals surface area contributed by atoms with Crippen LogP contribution in [0.2, 0.25) is 0 Å². The first-order valence-electron chi connectivity index (χ1n) is 3.10. The molecule has 0 aromatic carbocycles. The lowest BCUT2D eigenvalue weighted by Gasteiger charge is -1.89. The molecule has 2 aromatic heterocycles. The topological polar surface area (TPSA) is 28.7 Å². The van der Waals surface area contributed by atoms with E-state index >= 15 is 0 Å². The monoisotopic (exact) mass is 228 g/mol. The second kappa shape index (κ2) is 2.79. The van der Waals surface area contributed by atoms with E-state index in [-0.39, 0.29) is 0 Å². The summed E-state index contributed by atoms with van der Waals surface area (Å²) in [6.07, 6.45) is 3.70. The number of rotatable bonds is 1. The van der Waals surface area contributed by atoms with Crippen molar-refractivity contribution in [3.05, 3.63) is 28.3 Å². The summed E-state index contributed by atoms with van der Waals surface area (Å²) >= 11 is 5.16. The molecule has 0 aliphatic rings. The standard InChI is InChI=1S/C7H5BrN2S/c8-6-1-2-11-7(6)5-3-9-10-4-5/h1-4H,(H,9,10). The van der Waals surface area contributed by atoms with Gasteiger partial charge in [-0.25, -0.2) is 0 Å². The molecular formula is C7H5BrN2S. The fraction of sp³-hybridized carbons (Fsp3) is 0. The summed E-state index contributed by atoms with van der Waals surface area (Å²) < 4.78 is 1.13. The average Bonchev–Trinajstić information content (AvgIpc) is 2.55. The number of hydrogen-bond donors (Lipinski definition) is 1. The Kier molecular flexibility index (Phi) is 1.79. The molecule has 0 radical (unpaired) electrons. The smallest absolute Gasteiger partial charge is 0.0574 e. The molecule has 11 heavy (non-hydrogen) atoms. The zero-order valence-electron chi connectivity index (χ0n) is 5.54. The molecule has 0 aliphatic heterocycles. The van der Waals surface area contributed by atoms with E-state index in [2.05, 4.69) is 26.1 Å². The van der Waals surface area contributed by atoms with Crippen molar-refractivity contribution in [1.29, 1.82) is 0 Å². The number of nitrogens with one attached hydrogen (secondary N) is 1. The van der Waals surface area contributed by atoms with Crippen LogP contribution in [0.3, 0.4) is 0 Å². The second-order valence-electron chi connectivity index (χ2n) is 2.08. The zero-order chi connectivity index (χ0) is 7.68. The summed E-state index contributed by atoms with van der Waals surface area (Å²) in [5.41, 5.74) is 1.13. The van der Waals surface area contributed by atoms with E-state index < -0.39 is 0 Å². The first-order chi connectivity index (χ1) is 5.38. The van der Waals surface area contributed by atoms with E-state index in [1.54, 1.807) is 11.3 Å². The maximum atomic E-state index is 3.88. The quantitative estimate of drug-likeness (QED) is 0.800. The second-order valence-corrected chi connectivity index (χ2v) is 3.86. The molecule has 0 atom stereocenters. The highest BCUT2D eigenvalue weighted by Gasteiger charge is 2.03. The minimum atomic E-state index is 1.13. The highest BCUT2D eigenvalue weighted by molar-refractivity contribution is 9.10. The van der Waals surface area contributed by atoms with Crippen LogP contribution in [-0.4, -0.2) is 10.2 Å². The van der Waals surface area contributed by atoms with E-state index in [1.165, 1.54) is 4.88 Å². The molecule has 2 aromatic rings. The number of aromatic nitrogens is 2. The van der Waals surface area contributed by atoms with Gasteiger partial charge in [-0.15, -0.1) is 11.3 Å². The van der Waals surface area contributed by atoms with Crippen molar-refractivity contribution in [2.24, 2.45) is 0 Å². The molecule has 0 saturated heterocycles. The van der Waals surface area contributed by atoms with Gasteiger partial charge in [-0.3, -0.25) is 5.10 Å². The van der Waals surface area contributed by atoms with Crippen LogP contribution in [0.1, 0.15) is 0 Å². The van der Waals surface area contributed by atoms with Crippen LogP contribution < -0.4 is 0 Å². The van der Waals surface area contributed by atoms with E-state index in [1.807, 2.05) is 23.8 Å². The molecule has 4 heteroatoms. The number of halogens is 1. The van der Waals surface area contributed by atoms with E-state index in [0.717, 1.165) is 10.0 Å². The molecule has 0 spiro atoms. The third-order valence-electron chi connectivity index (χ3n) is 1.38. The van der Waals surface area contributed by atoms with E-state index in [9.17, 15) is 0 Å².